The number of rotatable bonds is 5. The fourth-order valence-corrected chi connectivity index (χ4v) is 2.39. The molecule has 2 rings (SSSR count). The van der Waals surface area contributed by atoms with Crippen LogP contribution in [-0.2, 0) is 16.6 Å². The van der Waals surface area contributed by atoms with Crippen LogP contribution in [0, 0.1) is 6.92 Å². The topological polar surface area (TPSA) is 101 Å². The van der Waals surface area contributed by atoms with Gasteiger partial charge in [-0.3, -0.25) is 0 Å². The number of aromatic amines is 1. The number of hydrogen-bond acceptors (Lipinski definition) is 4. The third-order valence-electron chi connectivity index (χ3n) is 3.22. The number of sulfonamides is 1. The molecule has 20 heavy (non-hydrogen) atoms. The molecule has 6 nitrogen and oxygen atoms in total. The highest BCUT2D eigenvalue weighted by molar-refractivity contribution is 7.89. The Balaban J connectivity index is 2.03. The van der Waals surface area contributed by atoms with Gasteiger partial charge in [0.15, 0.2) is 0 Å². The Bertz CT molecular complexity index is 677. The molecule has 108 valence electrons. The number of benzene rings is 1. The van der Waals surface area contributed by atoms with E-state index in [0.29, 0.717) is 6.54 Å². The minimum absolute atomic E-state index is 0.0839. The zero-order chi connectivity index (χ0) is 14.8. The van der Waals surface area contributed by atoms with E-state index in [1.165, 1.54) is 12.1 Å². The fraction of sp³-hybridized carbons (Fsp3) is 0.308. The Labute approximate surface area is 118 Å². The maximum absolute atomic E-state index is 11.2. The summed E-state index contributed by atoms with van der Waals surface area (Å²) in [5.74, 6) is 0. The van der Waals surface area contributed by atoms with Crippen molar-refractivity contribution in [2.24, 2.45) is 5.14 Å². The predicted octanol–water partition coefficient (Wildman–Crippen LogP) is 1.22. The van der Waals surface area contributed by atoms with Crippen LogP contribution in [-0.4, -0.2) is 18.4 Å². The first kappa shape index (κ1) is 14.7. The summed E-state index contributed by atoms with van der Waals surface area (Å²) in [5, 5.41) is 8.40. The van der Waals surface area contributed by atoms with Crippen LogP contribution in [0.15, 0.2) is 35.5 Å². The van der Waals surface area contributed by atoms with E-state index in [4.69, 9.17) is 5.14 Å². The van der Waals surface area contributed by atoms with Crippen LogP contribution in [0.25, 0.3) is 0 Å². The molecule has 0 aliphatic rings. The van der Waals surface area contributed by atoms with E-state index in [0.717, 1.165) is 17.0 Å². The lowest BCUT2D eigenvalue weighted by Gasteiger charge is -2.14. The average Bonchev–Trinajstić information content (AvgIpc) is 2.81. The maximum atomic E-state index is 11.2. The summed E-state index contributed by atoms with van der Waals surface area (Å²) < 4.78 is 22.4. The molecule has 0 fully saturated rings. The van der Waals surface area contributed by atoms with Crippen molar-refractivity contribution in [3.05, 3.63) is 47.5 Å². The Morgan fingerprint density at radius 2 is 2.00 bits per heavy atom. The molecule has 0 spiro atoms. The van der Waals surface area contributed by atoms with Crippen molar-refractivity contribution in [1.82, 2.24) is 15.3 Å². The second-order valence-electron chi connectivity index (χ2n) is 4.69. The van der Waals surface area contributed by atoms with Gasteiger partial charge in [0.05, 0.1) is 16.9 Å². The summed E-state index contributed by atoms with van der Waals surface area (Å²) in [7, 11) is -3.63. The lowest BCUT2D eigenvalue weighted by atomic mass is 10.1. The Morgan fingerprint density at radius 1 is 1.35 bits per heavy atom. The van der Waals surface area contributed by atoms with E-state index < -0.39 is 10.0 Å². The fourth-order valence-electron chi connectivity index (χ4n) is 1.88. The standard InChI is InChI=1S/C13H18N4O2S/c1-9(15-7-13-10(2)16-8-17-13)11-3-5-12(6-4-11)20(14,18)19/h3-6,8-9,15H,7H2,1-2H3,(H,16,17)(H2,14,18,19). The molecule has 0 radical (unpaired) electrons. The van der Waals surface area contributed by atoms with E-state index in [-0.39, 0.29) is 10.9 Å². The van der Waals surface area contributed by atoms with Gasteiger partial charge in [-0.1, -0.05) is 12.1 Å². The lowest BCUT2D eigenvalue weighted by molar-refractivity contribution is 0.566. The Kier molecular flexibility index (Phi) is 4.22. The highest BCUT2D eigenvalue weighted by Crippen LogP contribution is 2.16. The van der Waals surface area contributed by atoms with Crippen LogP contribution in [0.5, 0.6) is 0 Å². The third kappa shape index (κ3) is 3.44. The molecule has 1 heterocycles. The normalized spacial score (nSPS) is 13.3. The predicted molar refractivity (Wildman–Crippen MR) is 76.4 cm³/mol. The molecule has 0 amide bonds. The zero-order valence-corrected chi connectivity index (χ0v) is 12.2. The van der Waals surface area contributed by atoms with Crippen LogP contribution in [0.3, 0.4) is 0 Å². The summed E-state index contributed by atoms with van der Waals surface area (Å²) in [4.78, 5) is 7.36. The highest BCUT2D eigenvalue weighted by Gasteiger charge is 2.10. The molecule has 7 heteroatoms. The summed E-state index contributed by atoms with van der Waals surface area (Å²) in [5.41, 5.74) is 3.00. The minimum Gasteiger partial charge on any atom is -0.348 e. The second kappa shape index (κ2) is 5.74. The van der Waals surface area contributed by atoms with Crippen LogP contribution in [0.2, 0.25) is 0 Å². The quantitative estimate of drug-likeness (QED) is 0.771. The number of aromatic nitrogens is 2. The van der Waals surface area contributed by atoms with Gasteiger partial charge in [0, 0.05) is 18.3 Å². The molecular weight excluding hydrogens is 276 g/mol. The first-order valence-electron chi connectivity index (χ1n) is 6.23. The van der Waals surface area contributed by atoms with Crippen molar-refractivity contribution < 1.29 is 8.42 Å². The molecule has 0 aliphatic heterocycles. The molecule has 1 aromatic carbocycles. The molecule has 0 saturated heterocycles. The van der Waals surface area contributed by atoms with Crippen LogP contribution in [0.4, 0.5) is 0 Å². The summed E-state index contributed by atoms with van der Waals surface area (Å²) in [6.45, 7) is 4.62. The number of nitrogens with two attached hydrogens (primary N) is 1. The SMILES string of the molecule is Cc1[nH]cnc1CNC(C)c1ccc(S(N)(=O)=O)cc1. The average molecular weight is 294 g/mol. The van der Waals surface area contributed by atoms with Gasteiger partial charge in [-0.15, -0.1) is 0 Å². The number of imidazole rings is 1. The van der Waals surface area contributed by atoms with Crippen LogP contribution in [0.1, 0.15) is 29.9 Å². The number of aryl methyl sites for hydroxylation is 1. The van der Waals surface area contributed by atoms with E-state index in [2.05, 4.69) is 15.3 Å². The molecular formula is C13H18N4O2S. The summed E-state index contributed by atoms with van der Waals surface area (Å²) in [6.07, 6.45) is 1.66. The van der Waals surface area contributed by atoms with E-state index in [1.807, 2.05) is 13.8 Å². The summed E-state index contributed by atoms with van der Waals surface area (Å²) in [6, 6.07) is 6.63. The number of primary sulfonamides is 1. The number of nitrogens with one attached hydrogen (secondary N) is 2. The van der Waals surface area contributed by atoms with Crippen LogP contribution >= 0.6 is 0 Å². The molecule has 1 aromatic heterocycles. The largest absolute Gasteiger partial charge is 0.348 e. The van der Waals surface area contributed by atoms with E-state index in [9.17, 15) is 8.42 Å². The number of nitrogens with zero attached hydrogens (tertiary/aromatic N) is 1. The van der Waals surface area contributed by atoms with Crippen molar-refractivity contribution in [2.45, 2.75) is 31.3 Å². The van der Waals surface area contributed by atoms with Crippen molar-refractivity contribution >= 4 is 10.0 Å². The van der Waals surface area contributed by atoms with Gasteiger partial charge in [0.2, 0.25) is 10.0 Å². The monoisotopic (exact) mass is 294 g/mol. The molecule has 0 bridgehead atoms. The minimum atomic E-state index is -3.63. The first-order chi connectivity index (χ1) is 9.38. The molecule has 1 atom stereocenters. The third-order valence-corrected chi connectivity index (χ3v) is 4.15. The molecule has 2 aromatic rings. The number of hydrogen-bond donors (Lipinski definition) is 3. The van der Waals surface area contributed by atoms with Gasteiger partial charge < -0.3 is 10.3 Å². The van der Waals surface area contributed by atoms with Gasteiger partial charge in [-0.05, 0) is 31.5 Å². The Hall–Kier alpha value is -1.70. The number of H-pyrrole nitrogens is 1. The second-order valence-corrected chi connectivity index (χ2v) is 6.25. The first-order valence-corrected chi connectivity index (χ1v) is 7.77. The Morgan fingerprint density at radius 3 is 2.50 bits per heavy atom. The molecule has 0 saturated carbocycles. The molecule has 0 aliphatic carbocycles. The van der Waals surface area contributed by atoms with E-state index in [1.54, 1.807) is 18.5 Å². The van der Waals surface area contributed by atoms with Gasteiger partial charge >= 0.3 is 0 Å². The van der Waals surface area contributed by atoms with Crippen molar-refractivity contribution in [1.29, 1.82) is 0 Å². The lowest BCUT2D eigenvalue weighted by Crippen LogP contribution is -2.19. The van der Waals surface area contributed by atoms with Crippen molar-refractivity contribution in [3.63, 3.8) is 0 Å². The van der Waals surface area contributed by atoms with Gasteiger partial charge in [0.1, 0.15) is 0 Å². The van der Waals surface area contributed by atoms with Crippen molar-refractivity contribution in [3.8, 4) is 0 Å². The molecule has 1 unspecified atom stereocenters. The van der Waals surface area contributed by atoms with E-state index >= 15 is 0 Å². The summed E-state index contributed by atoms with van der Waals surface area (Å²) >= 11 is 0. The molecule has 4 N–H and O–H groups in total. The van der Waals surface area contributed by atoms with Gasteiger partial charge in [0.25, 0.3) is 0 Å². The van der Waals surface area contributed by atoms with Gasteiger partial charge in [-0.25, -0.2) is 18.5 Å². The van der Waals surface area contributed by atoms with Gasteiger partial charge in [-0.2, -0.15) is 0 Å². The zero-order valence-electron chi connectivity index (χ0n) is 11.4. The smallest absolute Gasteiger partial charge is 0.238 e. The van der Waals surface area contributed by atoms with Crippen LogP contribution < -0.4 is 10.5 Å². The van der Waals surface area contributed by atoms with Crippen molar-refractivity contribution in [2.75, 3.05) is 0 Å². The maximum Gasteiger partial charge on any atom is 0.238 e. The highest BCUT2D eigenvalue weighted by atomic mass is 32.2.